The molecule has 1 rings (SSSR count). The second-order valence-corrected chi connectivity index (χ2v) is 7.49. The van der Waals surface area contributed by atoms with Gasteiger partial charge in [0.05, 0.1) is 13.0 Å². The summed E-state index contributed by atoms with van der Waals surface area (Å²) in [7, 11) is 0. The number of esters is 1. The quantitative estimate of drug-likeness (QED) is 0.291. The van der Waals surface area contributed by atoms with Crippen molar-refractivity contribution in [3.8, 4) is 0 Å². The van der Waals surface area contributed by atoms with Crippen LogP contribution in [-0.2, 0) is 19.1 Å². The van der Waals surface area contributed by atoms with Gasteiger partial charge in [0, 0.05) is 19.5 Å². The van der Waals surface area contributed by atoms with Gasteiger partial charge in [-0.25, -0.2) is 0 Å². The fourth-order valence-corrected chi connectivity index (χ4v) is 3.41. The molecule has 1 unspecified atom stereocenters. The smallest absolute Gasteiger partial charge is 0.308 e. The molecule has 160 valence electrons. The minimum atomic E-state index is -0.746. The number of amides is 2. The molecule has 2 N–H and O–H groups in total. The predicted molar refractivity (Wildman–Crippen MR) is 113 cm³/mol. The van der Waals surface area contributed by atoms with Gasteiger partial charge in [-0.05, 0) is 18.6 Å². The van der Waals surface area contributed by atoms with E-state index in [2.05, 4.69) is 17.6 Å². The Bertz CT molecular complexity index is 528. The van der Waals surface area contributed by atoms with E-state index in [1.54, 1.807) is 11.8 Å². The number of ether oxygens (including phenoxy) is 1. The van der Waals surface area contributed by atoms with Crippen LogP contribution in [0.5, 0.6) is 0 Å². The van der Waals surface area contributed by atoms with Crippen molar-refractivity contribution in [1.82, 2.24) is 15.5 Å². The number of carbonyl (C=O) groups is 3. The maximum absolute atomic E-state index is 12.2. The van der Waals surface area contributed by atoms with Gasteiger partial charge in [-0.2, -0.15) is 0 Å². The molecule has 28 heavy (non-hydrogen) atoms. The molecule has 0 spiro atoms. The van der Waals surface area contributed by atoms with E-state index in [4.69, 9.17) is 17.0 Å². The van der Waals surface area contributed by atoms with Crippen LogP contribution in [-0.4, -0.2) is 53.5 Å². The number of rotatable bonds is 12. The lowest BCUT2D eigenvalue weighted by Crippen LogP contribution is -2.60. The molecule has 1 aliphatic rings. The molecule has 1 saturated heterocycles. The Hall–Kier alpha value is -1.70. The number of hydrogen-bond acceptors (Lipinski definition) is 5. The zero-order valence-corrected chi connectivity index (χ0v) is 18.1. The number of carbonyl (C=O) groups excluding carboxylic acids is 3. The zero-order chi connectivity index (χ0) is 20.8. The summed E-state index contributed by atoms with van der Waals surface area (Å²) in [4.78, 5) is 37.5. The highest BCUT2D eigenvalue weighted by atomic mass is 32.1. The van der Waals surface area contributed by atoms with Gasteiger partial charge in [-0.15, -0.1) is 0 Å². The molecule has 0 aromatic heterocycles. The van der Waals surface area contributed by atoms with E-state index in [0.717, 1.165) is 19.3 Å². The Kier molecular flexibility index (Phi) is 12.4. The molecule has 1 atom stereocenters. The molecule has 1 aliphatic heterocycles. The minimum absolute atomic E-state index is 0.0784. The molecule has 8 heteroatoms. The Morgan fingerprint density at radius 3 is 2.43 bits per heavy atom. The number of nitrogens with one attached hydrogen (secondary N) is 2. The Balaban J connectivity index is 2.31. The third kappa shape index (κ3) is 9.48. The molecule has 0 radical (unpaired) electrons. The zero-order valence-electron chi connectivity index (χ0n) is 17.3. The number of piperazine rings is 1. The molecule has 0 bridgehead atoms. The molecule has 0 aromatic carbocycles. The second-order valence-electron chi connectivity index (χ2n) is 7.11. The van der Waals surface area contributed by atoms with Gasteiger partial charge in [0.15, 0.2) is 5.11 Å². The largest absolute Gasteiger partial charge is 0.466 e. The molecule has 1 heterocycles. The third-order valence-electron chi connectivity index (χ3n) is 4.78. The summed E-state index contributed by atoms with van der Waals surface area (Å²) in [6.45, 7) is 5.18. The number of thiocarbonyl (C=S) groups is 1. The maximum Gasteiger partial charge on any atom is 0.308 e. The van der Waals surface area contributed by atoms with E-state index in [-0.39, 0.29) is 23.3 Å². The van der Waals surface area contributed by atoms with E-state index in [1.807, 2.05) is 0 Å². The van der Waals surface area contributed by atoms with E-state index in [0.29, 0.717) is 26.1 Å². The number of hydrogen-bond donors (Lipinski definition) is 2. The summed E-state index contributed by atoms with van der Waals surface area (Å²) in [6, 6.07) is -0.746. The molecule has 0 aromatic rings. The Morgan fingerprint density at radius 2 is 1.79 bits per heavy atom. The Labute approximate surface area is 173 Å². The lowest BCUT2D eigenvalue weighted by atomic mass is 10.1. The summed E-state index contributed by atoms with van der Waals surface area (Å²) >= 11 is 5.23. The van der Waals surface area contributed by atoms with Crippen LogP contribution >= 0.6 is 12.2 Å². The van der Waals surface area contributed by atoms with Crippen LogP contribution in [0.1, 0.15) is 78.1 Å². The first-order valence-corrected chi connectivity index (χ1v) is 10.9. The van der Waals surface area contributed by atoms with Crippen molar-refractivity contribution in [2.75, 3.05) is 19.7 Å². The van der Waals surface area contributed by atoms with Gasteiger partial charge < -0.3 is 20.3 Å². The van der Waals surface area contributed by atoms with E-state index >= 15 is 0 Å². The standard InChI is InChI=1S/C20H35N3O4S/c1-3-5-6-7-8-9-10-11-14-27-18(25)15-16-19(26)21-12-13-23(16)20(28)22-17(24)4-2/h16H,3-15H2,1-2H3,(H,21,26)(H,22,24,28). The lowest BCUT2D eigenvalue weighted by Gasteiger charge is -2.36. The molecule has 2 amide bonds. The maximum atomic E-state index is 12.2. The van der Waals surface area contributed by atoms with Gasteiger partial charge in [-0.1, -0.05) is 58.8 Å². The molecular weight excluding hydrogens is 378 g/mol. The van der Waals surface area contributed by atoms with Crippen molar-refractivity contribution in [3.05, 3.63) is 0 Å². The van der Waals surface area contributed by atoms with E-state index in [1.165, 1.54) is 32.1 Å². The van der Waals surface area contributed by atoms with Crippen molar-refractivity contribution in [2.45, 2.75) is 84.1 Å². The fraction of sp³-hybridized carbons (Fsp3) is 0.800. The van der Waals surface area contributed by atoms with Crippen LogP contribution in [0.2, 0.25) is 0 Å². The van der Waals surface area contributed by atoms with Crippen LogP contribution < -0.4 is 10.6 Å². The minimum Gasteiger partial charge on any atom is -0.466 e. The van der Waals surface area contributed by atoms with Crippen molar-refractivity contribution in [3.63, 3.8) is 0 Å². The van der Waals surface area contributed by atoms with Crippen molar-refractivity contribution in [1.29, 1.82) is 0 Å². The Morgan fingerprint density at radius 1 is 1.14 bits per heavy atom. The lowest BCUT2D eigenvalue weighted by molar-refractivity contribution is -0.147. The predicted octanol–water partition coefficient (Wildman–Crippen LogP) is 2.67. The van der Waals surface area contributed by atoms with Crippen molar-refractivity contribution < 1.29 is 19.1 Å². The SMILES string of the molecule is CCCCCCCCCCOC(=O)CC1C(=O)NCCN1C(=S)NC(=O)CC. The first-order chi connectivity index (χ1) is 13.5. The monoisotopic (exact) mass is 413 g/mol. The summed E-state index contributed by atoms with van der Waals surface area (Å²) in [6.07, 6.45) is 9.61. The summed E-state index contributed by atoms with van der Waals surface area (Å²) in [5.74, 6) is -0.907. The van der Waals surface area contributed by atoms with Crippen LogP contribution in [0.15, 0.2) is 0 Å². The van der Waals surface area contributed by atoms with Crippen LogP contribution in [0.25, 0.3) is 0 Å². The molecule has 0 saturated carbocycles. The number of unbranched alkanes of at least 4 members (excludes halogenated alkanes) is 7. The highest BCUT2D eigenvalue weighted by Gasteiger charge is 2.34. The summed E-state index contributed by atoms with van der Waals surface area (Å²) in [5, 5.41) is 5.51. The first-order valence-electron chi connectivity index (χ1n) is 10.5. The average molecular weight is 414 g/mol. The number of nitrogens with zero attached hydrogens (tertiary/aromatic N) is 1. The first kappa shape index (κ1) is 24.3. The average Bonchev–Trinajstić information content (AvgIpc) is 2.68. The topological polar surface area (TPSA) is 87.7 Å². The van der Waals surface area contributed by atoms with Gasteiger partial charge in [0.25, 0.3) is 0 Å². The second kappa shape index (κ2) is 14.3. The highest BCUT2D eigenvalue weighted by molar-refractivity contribution is 7.80. The van der Waals surface area contributed by atoms with Crippen LogP contribution in [0, 0.1) is 0 Å². The molecule has 0 aliphatic carbocycles. The van der Waals surface area contributed by atoms with E-state index < -0.39 is 12.0 Å². The molecule has 7 nitrogen and oxygen atoms in total. The van der Waals surface area contributed by atoms with Gasteiger partial charge >= 0.3 is 5.97 Å². The fourth-order valence-electron chi connectivity index (χ4n) is 3.08. The normalized spacial score (nSPS) is 16.4. The van der Waals surface area contributed by atoms with Crippen LogP contribution in [0.3, 0.4) is 0 Å². The summed E-state index contributed by atoms with van der Waals surface area (Å²) in [5.41, 5.74) is 0. The van der Waals surface area contributed by atoms with Gasteiger partial charge in [0.2, 0.25) is 11.8 Å². The van der Waals surface area contributed by atoms with Gasteiger partial charge in [0.1, 0.15) is 6.04 Å². The molecule has 1 fully saturated rings. The van der Waals surface area contributed by atoms with Crippen molar-refractivity contribution >= 4 is 35.1 Å². The molecular formula is C20H35N3O4S. The third-order valence-corrected chi connectivity index (χ3v) is 5.12. The van der Waals surface area contributed by atoms with Gasteiger partial charge in [-0.3, -0.25) is 14.4 Å². The van der Waals surface area contributed by atoms with E-state index in [9.17, 15) is 14.4 Å². The summed E-state index contributed by atoms with van der Waals surface area (Å²) < 4.78 is 5.29. The van der Waals surface area contributed by atoms with Crippen molar-refractivity contribution in [2.24, 2.45) is 0 Å². The highest BCUT2D eigenvalue weighted by Crippen LogP contribution is 2.12. The van der Waals surface area contributed by atoms with Crippen LogP contribution in [0.4, 0.5) is 0 Å².